The Labute approximate surface area is 115 Å². The number of rotatable bonds is 4. The summed E-state index contributed by atoms with van der Waals surface area (Å²) in [6, 6.07) is 0. The molecule has 1 heterocycles. The van der Waals surface area contributed by atoms with Gasteiger partial charge in [-0.3, -0.25) is 0 Å². The summed E-state index contributed by atoms with van der Waals surface area (Å²) < 4.78 is 4.86. The number of aromatic nitrogens is 1. The molecular weight excluding hydrogens is 242 g/mol. The van der Waals surface area contributed by atoms with Gasteiger partial charge in [0, 0.05) is 4.88 Å². The van der Waals surface area contributed by atoms with Gasteiger partial charge < -0.3 is 4.74 Å². The van der Waals surface area contributed by atoms with Gasteiger partial charge >= 0.3 is 0 Å². The molecule has 18 heavy (non-hydrogen) atoms. The predicted octanol–water partition coefficient (Wildman–Crippen LogP) is 4.67. The summed E-state index contributed by atoms with van der Waals surface area (Å²) >= 11 is 1.69. The minimum absolute atomic E-state index is 0.482. The van der Waals surface area contributed by atoms with Crippen LogP contribution in [0.4, 0.5) is 0 Å². The Bertz CT molecular complexity index is 399. The molecule has 0 unspecified atom stereocenters. The normalized spacial score (nSPS) is 10.1. The largest absolute Gasteiger partial charge is 0.497 e. The van der Waals surface area contributed by atoms with Crippen molar-refractivity contribution in [2.75, 3.05) is 7.11 Å². The number of thiazole rings is 1. The molecular formula is C15H23NOS. The van der Waals surface area contributed by atoms with Crippen molar-refractivity contribution < 1.29 is 4.74 Å². The first-order valence-electron chi connectivity index (χ1n) is 5.85. The molecule has 0 aromatic carbocycles. The summed E-state index contributed by atoms with van der Waals surface area (Å²) in [6.45, 7) is 15.8. The Hall–Kier alpha value is -1.35. The number of hydrogen-bond acceptors (Lipinski definition) is 3. The Balaban J connectivity index is 0.000000351. The zero-order chi connectivity index (χ0) is 14.1. The zero-order valence-electron chi connectivity index (χ0n) is 12.0. The fourth-order valence-corrected chi connectivity index (χ4v) is 1.41. The molecule has 0 fully saturated rings. The third-order valence-electron chi connectivity index (χ3n) is 2.47. The Kier molecular flexibility index (Phi) is 8.05. The van der Waals surface area contributed by atoms with Gasteiger partial charge in [0.1, 0.15) is 5.76 Å². The second-order valence-electron chi connectivity index (χ2n) is 4.23. The minimum atomic E-state index is 0.482. The molecule has 0 aliphatic rings. The maximum atomic E-state index is 4.86. The highest BCUT2D eigenvalue weighted by Crippen LogP contribution is 2.09. The first-order valence-corrected chi connectivity index (χ1v) is 6.72. The Morgan fingerprint density at radius 2 is 1.94 bits per heavy atom. The van der Waals surface area contributed by atoms with Gasteiger partial charge in [-0.15, -0.1) is 11.3 Å². The van der Waals surface area contributed by atoms with Crippen LogP contribution in [0.25, 0.3) is 0 Å². The number of aryl methyl sites for hydroxylation is 2. The van der Waals surface area contributed by atoms with Crippen molar-refractivity contribution >= 4 is 11.3 Å². The van der Waals surface area contributed by atoms with Crippen LogP contribution in [0.1, 0.15) is 24.4 Å². The Morgan fingerprint density at radius 3 is 2.22 bits per heavy atom. The highest BCUT2D eigenvalue weighted by Gasteiger charge is 1.94. The van der Waals surface area contributed by atoms with Crippen LogP contribution in [0.2, 0.25) is 0 Å². The Morgan fingerprint density at radius 1 is 1.33 bits per heavy atom. The zero-order valence-corrected chi connectivity index (χ0v) is 12.8. The van der Waals surface area contributed by atoms with Gasteiger partial charge in [-0.25, -0.2) is 4.98 Å². The van der Waals surface area contributed by atoms with E-state index in [0.717, 1.165) is 11.3 Å². The fraction of sp³-hybridized carbons (Fsp3) is 0.400. The van der Waals surface area contributed by atoms with Crippen molar-refractivity contribution in [3.05, 3.63) is 52.7 Å². The van der Waals surface area contributed by atoms with E-state index in [1.54, 1.807) is 18.4 Å². The quantitative estimate of drug-likeness (QED) is 0.583. The summed E-state index contributed by atoms with van der Waals surface area (Å²) in [5.41, 5.74) is 4.11. The van der Waals surface area contributed by atoms with Gasteiger partial charge in [-0.2, -0.15) is 0 Å². The molecule has 1 aromatic rings. The van der Waals surface area contributed by atoms with E-state index in [2.05, 4.69) is 38.9 Å². The average molecular weight is 265 g/mol. The molecule has 0 spiro atoms. The van der Waals surface area contributed by atoms with Gasteiger partial charge in [0.15, 0.2) is 0 Å². The lowest BCUT2D eigenvalue weighted by atomic mass is 10.1. The van der Waals surface area contributed by atoms with Crippen LogP contribution < -0.4 is 0 Å². The summed E-state index contributed by atoms with van der Waals surface area (Å²) in [4.78, 5) is 5.35. The van der Waals surface area contributed by atoms with Crippen LogP contribution in [0.3, 0.4) is 0 Å². The second-order valence-corrected chi connectivity index (χ2v) is 5.29. The third kappa shape index (κ3) is 7.07. The fourth-order valence-electron chi connectivity index (χ4n) is 0.821. The smallest absolute Gasteiger partial charge is 0.111 e. The number of methoxy groups -OCH3 is 1. The van der Waals surface area contributed by atoms with Crippen LogP contribution in [0.15, 0.2) is 42.2 Å². The van der Waals surface area contributed by atoms with Gasteiger partial charge in [0.2, 0.25) is 0 Å². The van der Waals surface area contributed by atoms with E-state index in [4.69, 9.17) is 4.74 Å². The summed E-state index contributed by atoms with van der Waals surface area (Å²) in [6.07, 6.45) is 3.75. The monoisotopic (exact) mass is 265 g/mol. The van der Waals surface area contributed by atoms with Crippen molar-refractivity contribution in [3.8, 4) is 0 Å². The van der Waals surface area contributed by atoms with Crippen LogP contribution in [0.5, 0.6) is 0 Å². The highest BCUT2D eigenvalue weighted by atomic mass is 32.1. The summed E-state index contributed by atoms with van der Waals surface area (Å²) in [5.74, 6) is 1.14. The number of ether oxygens (including phenoxy) is 1. The van der Waals surface area contributed by atoms with Crippen LogP contribution >= 0.6 is 11.3 Å². The molecule has 0 radical (unpaired) electrons. The molecule has 100 valence electrons. The molecule has 0 atom stereocenters. The maximum Gasteiger partial charge on any atom is 0.111 e. The maximum absolute atomic E-state index is 4.86. The minimum Gasteiger partial charge on any atom is -0.497 e. The van der Waals surface area contributed by atoms with E-state index < -0.39 is 0 Å². The number of nitrogens with zero attached hydrogens (tertiary/aromatic N) is 1. The molecule has 2 nitrogen and oxygen atoms in total. The SMILES string of the molecule is C=C(/C=C\C(=C)C(C)C)OC.Cc1ncsc1C. The average Bonchev–Trinajstić information content (AvgIpc) is 2.70. The van der Waals surface area contributed by atoms with E-state index in [0.29, 0.717) is 11.7 Å². The topological polar surface area (TPSA) is 22.1 Å². The number of allylic oxidation sites excluding steroid dienone is 3. The molecule has 0 aliphatic carbocycles. The van der Waals surface area contributed by atoms with Gasteiger partial charge in [-0.1, -0.05) is 38.7 Å². The van der Waals surface area contributed by atoms with E-state index in [1.807, 2.05) is 24.6 Å². The predicted molar refractivity (Wildman–Crippen MR) is 80.9 cm³/mol. The lowest BCUT2D eigenvalue weighted by molar-refractivity contribution is 0.309. The molecule has 0 aliphatic heterocycles. The summed E-state index contributed by atoms with van der Waals surface area (Å²) in [5, 5.41) is 0. The first kappa shape index (κ1) is 16.6. The van der Waals surface area contributed by atoms with Crippen molar-refractivity contribution in [2.45, 2.75) is 27.7 Å². The van der Waals surface area contributed by atoms with Crippen LogP contribution in [-0.2, 0) is 4.74 Å². The molecule has 1 aromatic heterocycles. The molecule has 0 saturated heterocycles. The standard InChI is InChI=1S/C10H16O.C5H7NS/c1-8(2)9(3)6-7-10(4)11-5;1-4-5(2)7-3-6-4/h6-8H,3-4H2,1-2,5H3;3H,1-2H3/b7-6-;. The summed E-state index contributed by atoms with van der Waals surface area (Å²) in [7, 11) is 1.60. The van der Waals surface area contributed by atoms with Crippen molar-refractivity contribution in [3.63, 3.8) is 0 Å². The molecule has 0 amide bonds. The van der Waals surface area contributed by atoms with E-state index in [1.165, 1.54) is 4.88 Å². The first-order chi connectivity index (χ1) is 8.38. The lowest BCUT2D eigenvalue weighted by Gasteiger charge is -2.02. The van der Waals surface area contributed by atoms with Crippen molar-refractivity contribution in [2.24, 2.45) is 5.92 Å². The molecule has 0 saturated carbocycles. The molecule has 1 rings (SSSR count). The van der Waals surface area contributed by atoms with Gasteiger partial charge in [0.05, 0.1) is 18.3 Å². The van der Waals surface area contributed by atoms with Crippen LogP contribution in [-0.4, -0.2) is 12.1 Å². The van der Waals surface area contributed by atoms with E-state index in [9.17, 15) is 0 Å². The van der Waals surface area contributed by atoms with Crippen molar-refractivity contribution in [1.82, 2.24) is 4.98 Å². The van der Waals surface area contributed by atoms with Crippen LogP contribution in [0, 0.1) is 19.8 Å². The molecule has 0 N–H and O–H groups in total. The van der Waals surface area contributed by atoms with E-state index >= 15 is 0 Å². The van der Waals surface area contributed by atoms with Gasteiger partial charge in [0.25, 0.3) is 0 Å². The lowest BCUT2D eigenvalue weighted by Crippen LogP contribution is -1.87. The highest BCUT2D eigenvalue weighted by molar-refractivity contribution is 7.09. The molecule has 0 bridgehead atoms. The van der Waals surface area contributed by atoms with E-state index in [-0.39, 0.29) is 0 Å². The van der Waals surface area contributed by atoms with Gasteiger partial charge in [-0.05, 0) is 25.8 Å². The number of hydrogen-bond donors (Lipinski definition) is 0. The second kappa shape index (κ2) is 8.70. The third-order valence-corrected chi connectivity index (χ3v) is 3.33. The molecule has 3 heteroatoms. The van der Waals surface area contributed by atoms with Crippen molar-refractivity contribution in [1.29, 1.82) is 0 Å².